The van der Waals surface area contributed by atoms with Crippen LogP contribution in [0.3, 0.4) is 0 Å². The number of nitrogens with zero attached hydrogens (tertiary/aromatic N) is 5. The van der Waals surface area contributed by atoms with Gasteiger partial charge in [0.05, 0.1) is 41.1 Å². The molecule has 0 atom stereocenters. The molecule has 2 aliphatic rings. The molecule has 6 rings (SSSR count). The molecule has 1 aromatic heterocycles. The molecule has 278 valence electrons. The summed E-state index contributed by atoms with van der Waals surface area (Å²) < 4.78 is 56.3. The van der Waals surface area contributed by atoms with Gasteiger partial charge in [0.25, 0.3) is 0 Å². The van der Waals surface area contributed by atoms with Gasteiger partial charge in [-0.25, -0.2) is 26.4 Å². The summed E-state index contributed by atoms with van der Waals surface area (Å²) in [5.74, 6) is -1.08. The average molecular weight is 781 g/mol. The zero-order valence-electron chi connectivity index (χ0n) is 29.0. The van der Waals surface area contributed by atoms with Crippen LogP contribution in [-0.2, 0) is 29.7 Å². The summed E-state index contributed by atoms with van der Waals surface area (Å²) >= 11 is 0. The van der Waals surface area contributed by atoms with Crippen molar-refractivity contribution in [3.05, 3.63) is 136 Å². The number of aromatic nitrogens is 1. The standard InChI is InChI=1S/C22H19N3O7S.C14H9N5O2S/c1-3-25-17-12-15(24-33(2,29)30)8-10-18(17)31-19(25)11-9-16-20(23-32-22(16)28)13-4-6-14(7-5-13)21(26)27;1-16-14(17-2)11(7-15)12-8-18-13-5-4-9(6-10(12)13)19-22(3,20)21/h4-12,24H,3H2,1-2H3,(H,26,27);4-6,8,18-19H,3H3. The van der Waals surface area contributed by atoms with Crippen molar-refractivity contribution in [3.8, 4) is 11.8 Å². The van der Waals surface area contributed by atoms with Crippen LogP contribution in [0.5, 0.6) is 5.75 Å². The van der Waals surface area contributed by atoms with Crippen molar-refractivity contribution < 1.29 is 41.1 Å². The Hall–Kier alpha value is -7.40. The van der Waals surface area contributed by atoms with E-state index in [1.807, 2.05) is 17.9 Å². The van der Waals surface area contributed by atoms with E-state index in [2.05, 4.69) is 29.3 Å². The number of rotatable bonds is 9. The fourth-order valence-electron chi connectivity index (χ4n) is 5.36. The number of nitriles is 1. The molecule has 4 N–H and O–H groups in total. The van der Waals surface area contributed by atoms with Gasteiger partial charge in [0.2, 0.25) is 25.9 Å². The number of carboxylic acid groups (broad SMARTS) is 1. The Labute approximate surface area is 314 Å². The molecule has 4 aromatic rings. The van der Waals surface area contributed by atoms with E-state index in [0.717, 1.165) is 12.5 Å². The third kappa shape index (κ3) is 8.98. The van der Waals surface area contributed by atoms with Gasteiger partial charge in [-0.05, 0) is 67.6 Å². The van der Waals surface area contributed by atoms with E-state index in [-0.39, 0.29) is 28.2 Å². The van der Waals surface area contributed by atoms with E-state index in [4.69, 9.17) is 27.8 Å². The Kier molecular flexibility index (Phi) is 11.1. The number of aromatic carboxylic acids is 1. The molecule has 3 heterocycles. The molecule has 0 aliphatic carbocycles. The molecule has 0 saturated carbocycles. The van der Waals surface area contributed by atoms with E-state index in [1.54, 1.807) is 54.6 Å². The summed E-state index contributed by atoms with van der Waals surface area (Å²) in [6.45, 7) is 16.3. The first kappa shape index (κ1) is 38.8. The highest BCUT2D eigenvalue weighted by Crippen LogP contribution is 2.41. The maximum Gasteiger partial charge on any atom is 0.538 e. The molecule has 0 amide bonds. The van der Waals surface area contributed by atoms with Gasteiger partial charge in [0.1, 0.15) is 18.9 Å². The molecule has 0 spiro atoms. The predicted octanol–water partition coefficient (Wildman–Crippen LogP) is 5.27. The number of ether oxygens (including phenoxy) is 1. The van der Waals surface area contributed by atoms with Gasteiger partial charge < -0.3 is 24.6 Å². The first-order valence-corrected chi connectivity index (χ1v) is 19.4. The Morgan fingerprint density at radius 2 is 1.64 bits per heavy atom. The molecule has 2 aliphatic heterocycles. The van der Waals surface area contributed by atoms with Crippen molar-refractivity contribution in [1.82, 2.24) is 4.98 Å². The number of benzene rings is 3. The number of nitrogens with one attached hydrogen (secondary N) is 3. The maximum atomic E-state index is 12.2. The van der Waals surface area contributed by atoms with Gasteiger partial charge in [-0.3, -0.25) is 9.44 Å². The second-order valence-corrected chi connectivity index (χ2v) is 15.1. The van der Waals surface area contributed by atoms with Gasteiger partial charge in [-0.15, -0.1) is 0 Å². The second kappa shape index (κ2) is 15.7. The predicted molar refractivity (Wildman–Crippen MR) is 203 cm³/mol. The van der Waals surface area contributed by atoms with Crippen LogP contribution in [0.15, 0.2) is 101 Å². The highest BCUT2D eigenvalue weighted by molar-refractivity contribution is 7.92. The van der Waals surface area contributed by atoms with Crippen molar-refractivity contribution in [3.63, 3.8) is 0 Å². The number of carbonyl (C=O) groups is 2. The zero-order chi connectivity index (χ0) is 40.1. The third-order valence-electron chi connectivity index (χ3n) is 7.64. The lowest BCUT2D eigenvalue weighted by Gasteiger charge is -2.16. The molecule has 17 nitrogen and oxygen atoms in total. The van der Waals surface area contributed by atoms with Gasteiger partial charge in [0, 0.05) is 40.5 Å². The highest BCUT2D eigenvalue weighted by atomic mass is 32.2. The van der Waals surface area contributed by atoms with Crippen LogP contribution in [0.2, 0.25) is 0 Å². The molecule has 3 aromatic carbocycles. The second-order valence-electron chi connectivity index (χ2n) is 11.6. The third-order valence-corrected chi connectivity index (χ3v) is 8.86. The van der Waals surface area contributed by atoms with Crippen LogP contribution in [0.4, 0.5) is 17.1 Å². The van der Waals surface area contributed by atoms with Crippen molar-refractivity contribution in [2.24, 2.45) is 5.16 Å². The summed E-state index contributed by atoms with van der Waals surface area (Å²) in [4.78, 5) is 39.0. The Bertz CT molecular complexity index is 2710. The molecule has 0 radical (unpaired) electrons. The van der Waals surface area contributed by atoms with Crippen LogP contribution >= 0.6 is 0 Å². The molecule has 0 saturated heterocycles. The number of oxime groups is 1. The molecular weight excluding hydrogens is 753 g/mol. The Morgan fingerprint density at radius 3 is 2.22 bits per heavy atom. The van der Waals surface area contributed by atoms with Crippen molar-refractivity contribution in [2.75, 3.05) is 33.4 Å². The zero-order valence-corrected chi connectivity index (χ0v) is 30.6. The topological polar surface area (TPSA) is 229 Å². The molecule has 0 bridgehead atoms. The van der Waals surface area contributed by atoms with Crippen molar-refractivity contribution >= 4 is 71.2 Å². The van der Waals surface area contributed by atoms with Crippen LogP contribution in [0, 0.1) is 24.5 Å². The average Bonchev–Trinajstić information content (AvgIpc) is 3.82. The van der Waals surface area contributed by atoms with Crippen LogP contribution in [0.1, 0.15) is 28.4 Å². The largest absolute Gasteiger partial charge is 0.538 e. The lowest BCUT2D eigenvalue weighted by Crippen LogP contribution is -2.19. The van der Waals surface area contributed by atoms with Crippen molar-refractivity contribution in [1.29, 1.82) is 5.26 Å². The van der Waals surface area contributed by atoms with Crippen LogP contribution in [0.25, 0.3) is 26.2 Å². The van der Waals surface area contributed by atoms with Crippen molar-refractivity contribution in [2.45, 2.75) is 6.92 Å². The van der Waals surface area contributed by atoms with Gasteiger partial charge in [-0.2, -0.15) is 15.0 Å². The minimum absolute atomic E-state index is 0.0484. The molecule has 19 heteroatoms. The number of anilines is 3. The molecular formula is C36H28N8O9S2. The lowest BCUT2D eigenvalue weighted by molar-refractivity contribution is -0.136. The normalized spacial score (nSPS) is 14.7. The monoisotopic (exact) mass is 780 g/mol. The minimum atomic E-state index is -3.43. The number of allylic oxidation sites excluding steroid dienone is 3. The van der Waals surface area contributed by atoms with Crippen LogP contribution in [-0.4, -0.2) is 63.6 Å². The van der Waals surface area contributed by atoms with Gasteiger partial charge >= 0.3 is 17.8 Å². The fraction of sp³-hybridized carbons (Fsp3) is 0.111. The van der Waals surface area contributed by atoms with E-state index in [1.165, 1.54) is 24.4 Å². The van der Waals surface area contributed by atoms with E-state index in [9.17, 15) is 31.7 Å². The first-order chi connectivity index (χ1) is 26.0. The quantitative estimate of drug-likeness (QED) is 0.0740. The molecule has 0 fully saturated rings. The number of fused-ring (bicyclic) bond motifs is 2. The number of carboxylic acids is 1. The van der Waals surface area contributed by atoms with E-state index >= 15 is 0 Å². The highest BCUT2D eigenvalue weighted by Gasteiger charge is 2.29. The fourth-order valence-corrected chi connectivity index (χ4v) is 6.47. The SMILES string of the molecule is CCN1C(=CC=C2C(=O)ON=C2c2ccc(C(=O)O)cc2)Oc2ccc(NS(C)(=O)=O)cc21.[C-]#[N+]C([N+]#[C-])=C(C#N)c1c[nH]c2ccc(NS(C)(=O)=O)cc12. The lowest BCUT2D eigenvalue weighted by atomic mass is 10.0. The summed E-state index contributed by atoms with van der Waals surface area (Å²) in [5, 5.41) is 22.6. The molecule has 55 heavy (non-hydrogen) atoms. The summed E-state index contributed by atoms with van der Waals surface area (Å²) in [6, 6.07) is 17.4. The van der Waals surface area contributed by atoms with Crippen LogP contribution < -0.4 is 19.1 Å². The number of aromatic amines is 1. The number of carbonyl (C=O) groups excluding carboxylic acids is 1. The number of hydrogen-bond acceptors (Lipinski definition) is 11. The first-order valence-electron chi connectivity index (χ1n) is 15.7. The number of sulfonamides is 2. The van der Waals surface area contributed by atoms with E-state index in [0.29, 0.717) is 57.3 Å². The van der Waals surface area contributed by atoms with Gasteiger partial charge in [-0.1, -0.05) is 17.3 Å². The number of H-pyrrole nitrogens is 1. The van der Waals surface area contributed by atoms with E-state index < -0.39 is 32.0 Å². The number of hydrogen-bond donors (Lipinski definition) is 4. The summed E-state index contributed by atoms with van der Waals surface area (Å²) in [7, 11) is -6.86. The summed E-state index contributed by atoms with van der Waals surface area (Å²) in [6.07, 6.45) is 6.73. The Balaban J connectivity index is 0.000000229. The maximum absolute atomic E-state index is 12.2. The van der Waals surface area contributed by atoms with Gasteiger partial charge in [0.15, 0.2) is 11.3 Å². The minimum Gasteiger partial charge on any atom is -0.478 e. The molecule has 0 unspecified atom stereocenters. The smallest absolute Gasteiger partial charge is 0.478 e. The summed E-state index contributed by atoms with van der Waals surface area (Å²) in [5.41, 5.74) is 3.49. The Morgan fingerprint density at radius 1 is 1.00 bits per heavy atom.